The summed E-state index contributed by atoms with van der Waals surface area (Å²) >= 11 is 0. The van der Waals surface area contributed by atoms with Gasteiger partial charge in [-0.3, -0.25) is 0 Å². The van der Waals surface area contributed by atoms with Crippen LogP contribution in [0, 0.1) is 29.6 Å². The molecule has 0 aliphatic heterocycles. The summed E-state index contributed by atoms with van der Waals surface area (Å²) in [6.07, 6.45) is 2.01. The number of aryl methyl sites for hydroxylation is 2. The zero-order valence-corrected chi connectivity index (χ0v) is 17.2. The lowest BCUT2D eigenvalue weighted by Gasteiger charge is -2.05. The molecule has 0 unspecified atom stereocenters. The van der Waals surface area contributed by atoms with Crippen molar-refractivity contribution < 1.29 is 8.98 Å². The van der Waals surface area contributed by atoms with Crippen molar-refractivity contribution in [2.75, 3.05) is 0 Å². The van der Waals surface area contributed by atoms with Crippen LogP contribution >= 0.6 is 0 Å². The Morgan fingerprint density at radius 2 is 1.61 bits per heavy atom. The zero-order chi connectivity index (χ0) is 21.5. The summed E-state index contributed by atoms with van der Waals surface area (Å²) < 4.78 is 8.42. The second-order valence-corrected chi connectivity index (χ2v) is 7.63. The highest BCUT2D eigenvalue weighted by Crippen LogP contribution is 2.39. The van der Waals surface area contributed by atoms with E-state index in [0.29, 0.717) is 16.7 Å². The Kier molecular flexibility index (Phi) is 4.28. The first kappa shape index (κ1) is 18.6. The van der Waals surface area contributed by atoms with E-state index in [1.807, 2.05) is 43.6 Å². The van der Waals surface area contributed by atoms with Crippen molar-refractivity contribution in [1.82, 2.24) is 0 Å². The first-order valence-electron chi connectivity index (χ1n) is 9.96. The molecule has 2 aromatic heterocycles. The fourth-order valence-corrected chi connectivity index (χ4v) is 4.13. The predicted molar refractivity (Wildman–Crippen MR) is 120 cm³/mol. The minimum Gasteiger partial charge on any atom is -0.454 e. The van der Waals surface area contributed by atoms with E-state index in [4.69, 9.17) is 9.68 Å². The van der Waals surface area contributed by atoms with E-state index in [2.05, 4.69) is 47.9 Å². The topological polar surface area (TPSA) is 64.6 Å². The second-order valence-electron chi connectivity index (χ2n) is 7.63. The minimum absolute atomic E-state index is 0.495. The van der Waals surface area contributed by atoms with Gasteiger partial charge < -0.3 is 4.42 Å². The van der Waals surface area contributed by atoms with E-state index in [0.717, 1.165) is 44.3 Å². The van der Waals surface area contributed by atoms with Crippen LogP contribution in [0.15, 0.2) is 77.3 Å². The van der Waals surface area contributed by atoms with Gasteiger partial charge in [0.15, 0.2) is 11.8 Å². The van der Waals surface area contributed by atoms with E-state index < -0.39 is 0 Å². The Morgan fingerprint density at radius 1 is 0.806 bits per heavy atom. The Bertz CT molecular complexity index is 1560. The molecular formula is C27H18N3O+. The molecule has 0 saturated carbocycles. The summed E-state index contributed by atoms with van der Waals surface area (Å²) in [5, 5.41) is 20.8. The van der Waals surface area contributed by atoms with E-state index >= 15 is 0 Å². The number of hydrogen-bond acceptors (Lipinski definition) is 3. The Hall–Kier alpha value is -4.41. The largest absolute Gasteiger partial charge is 0.454 e. The molecule has 0 spiro atoms. The molecule has 0 saturated heterocycles. The highest BCUT2D eigenvalue weighted by Gasteiger charge is 2.21. The average molecular weight is 400 g/mol. The number of hydrogen-bond donors (Lipinski definition) is 0. The molecular weight excluding hydrogens is 382 g/mol. The summed E-state index contributed by atoms with van der Waals surface area (Å²) in [5.41, 5.74) is 7.54. The molecule has 0 N–H and O–H groups in total. The molecule has 5 rings (SSSR count). The van der Waals surface area contributed by atoms with Gasteiger partial charge >= 0.3 is 0 Å². The van der Waals surface area contributed by atoms with E-state index in [1.54, 1.807) is 12.1 Å². The third-order valence-corrected chi connectivity index (χ3v) is 5.73. The normalized spacial score (nSPS) is 10.8. The van der Waals surface area contributed by atoms with Gasteiger partial charge in [0.1, 0.15) is 18.7 Å². The highest BCUT2D eigenvalue weighted by atomic mass is 16.3. The van der Waals surface area contributed by atoms with Gasteiger partial charge in [0.05, 0.1) is 22.8 Å². The van der Waals surface area contributed by atoms with Gasteiger partial charge in [0.25, 0.3) is 0 Å². The Morgan fingerprint density at radius 3 is 2.32 bits per heavy atom. The molecule has 5 aromatic rings. The number of nitrogens with zero attached hydrogens (tertiary/aromatic N) is 3. The van der Waals surface area contributed by atoms with E-state index in [1.165, 1.54) is 0 Å². The highest BCUT2D eigenvalue weighted by molar-refractivity contribution is 6.12. The molecule has 4 heteroatoms. The predicted octanol–water partition coefficient (Wildman–Crippen LogP) is 5.80. The molecule has 0 bridgehead atoms. The molecule has 0 radical (unpaired) electrons. The van der Waals surface area contributed by atoms with Crippen molar-refractivity contribution in [2.45, 2.75) is 6.92 Å². The van der Waals surface area contributed by atoms with Gasteiger partial charge in [-0.05, 0) is 53.9 Å². The first-order chi connectivity index (χ1) is 15.1. The molecule has 2 heterocycles. The summed E-state index contributed by atoms with van der Waals surface area (Å²) in [6.45, 7) is 2.07. The van der Waals surface area contributed by atoms with Gasteiger partial charge in [-0.2, -0.15) is 10.5 Å². The number of furan rings is 1. The lowest BCUT2D eigenvalue weighted by Crippen LogP contribution is -2.30. The molecule has 0 aliphatic carbocycles. The lowest BCUT2D eigenvalue weighted by atomic mass is 9.97. The van der Waals surface area contributed by atoms with Crippen LogP contribution in [0.25, 0.3) is 44.3 Å². The minimum atomic E-state index is 0.495. The van der Waals surface area contributed by atoms with Crippen LogP contribution in [0.5, 0.6) is 0 Å². The number of benzene rings is 3. The van der Waals surface area contributed by atoms with Crippen LogP contribution in [-0.2, 0) is 7.05 Å². The zero-order valence-electron chi connectivity index (χ0n) is 17.2. The van der Waals surface area contributed by atoms with Crippen LogP contribution in [0.4, 0.5) is 0 Å². The third kappa shape index (κ3) is 2.94. The third-order valence-electron chi connectivity index (χ3n) is 5.73. The van der Waals surface area contributed by atoms with Crippen LogP contribution in [-0.4, -0.2) is 0 Å². The quantitative estimate of drug-likeness (QED) is 0.352. The number of pyridine rings is 1. The molecule has 4 nitrogen and oxygen atoms in total. The van der Waals surface area contributed by atoms with Gasteiger partial charge in [0.2, 0.25) is 5.69 Å². The Balaban J connectivity index is 1.83. The molecule has 31 heavy (non-hydrogen) atoms. The van der Waals surface area contributed by atoms with Crippen LogP contribution in [0.1, 0.15) is 16.7 Å². The Labute approximate surface area is 179 Å². The fraction of sp³-hybridized carbons (Fsp3) is 0.0741. The van der Waals surface area contributed by atoms with Crippen molar-refractivity contribution in [1.29, 1.82) is 10.5 Å². The van der Waals surface area contributed by atoms with Gasteiger partial charge in [-0.1, -0.05) is 24.3 Å². The van der Waals surface area contributed by atoms with Crippen molar-refractivity contribution in [2.24, 2.45) is 7.05 Å². The number of fused-ring (bicyclic) bond motifs is 3. The van der Waals surface area contributed by atoms with E-state index in [-0.39, 0.29) is 0 Å². The monoisotopic (exact) mass is 400 g/mol. The lowest BCUT2D eigenvalue weighted by molar-refractivity contribution is -0.660. The SMILES string of the molecule is Cc1ccc2c(oc3c(C#N)cc(-c4ccc(C#N)cc4)cc32)c1-c1cccc[n+]1C. The summed E-state index contributed by atoms with van der Waals surface area (Å²) in [6, 6.07) is 26.0. The summed E-state index contributed by atoms with van der Waals surface area (Å²) in [5.74, 6) is 0. The van der Waals surface area contributed by atoms with Crippen molar-refractivity contribution in [3.05, 3.63) is 89.6 Å². The fourth-order valence-electron chi connectivity index (χ4n) is 4.13. The standard InChI is InChI=1S/C27H18N3O/c1-17-6-11-22-23-14-20(19-9-7-18(15-28)8-10-19)13-21(16-29)26(23)31-27(22)25(17)24-5-3-4-12-30(24)2/h3-14H,1-2H3/q+1. The molecule has 0 fully saturated rings. The maximum Gasteiger partial charge on any atom is 0.216 e. The maximum atomic E-state index is 9.84. The van der Waals surface area contributed by atoms with E-state index in [9.17, 15) is 5.26 Å². The van der Waals surface area contributed by atoms with Crippen molar-refractivity contribution in [3.8, 4) is 34.5 Å². The number of aromatic nitrogens is 1. The molecule has 146 valence electrons. The van der Waals surface area contributed by atoms with Crippen molar-refractivity contribution >= 4 is 21.9 Å². The molecule has 0 amide bonds. The van der Waals surface area contributed by atoms with Crippen LogP contribution in [0.3, 0.4) is 0 Å². The van der Waals surface area contributed by atoms with Crippen LogP contribution in [0.2, 0.25) is 0 Å². The van der Waals surface area contributed by atoms with Crippen LogP contribution < -0.4 is 4.57 Å². The average Bonchev–Trinajstić information content (AvgIpc) is 3.17. The molecule has 0 atom stereocenters. The van der Waals surface area contributed by atoms with Gasteiger partial charge in [-0.25, -0.2) is 4.57 Å². The molecule has 3 aromatic carbocycles. The molecule has 0 aliphatic rings. The van der Waals surface area contributed by atoms with Crippen molar-refractivity contribution in [3.63, 3.8) is 0 Å². The first-order valence-corrected chi connectivity index (χ1v) is 9.96. The number of nitriles is 2. The maximum absolute atomic E-state index is 9.84. The summed E-state index contributed by atoms with van der Waals surface area (Å²) in [7, 11) is 2.01. The summed E-state index contributed by atoms with van der Waals surface area (Å²) in [4.78, 5) is 0. The van der Waals surface area contributed by atoms with Gasteiger partial charge in [0, 0.05) is 22.9 Å². The number of rotatable bonds is 2. The smallest absolute Gasteiger partial charge is 0.216 e. The second kappa shape index (κ2) is 7.13. The van der Waals surface area contributed by atoms with Gasteiger partial charge in [-0.15, -0.1) is 0 Å².